The van der Waals surface area contributed by atoms with Crippen molar-refractivity contribution in [3.8, 4) is 0 Å². The third kappa shape index (κ3) is 3.00. The fourth-order valence-corrected chi connectivity index (χ4v) is 4.74. The summed E-state index contributed by atoms with van der Waals surface area (Å²) in [6.45, 7) is 4.29. The molecule has 2 aliphatic heterocycles. The van der Waals surface area contributed by atoms with Crippen LogP contribution >= 0.6 is 11.8 Å². The number of para-hydroxylation sites is 1. The quantitative estimate of drug-likeness (QED) is 0.802. The molecule has 2 aliphatic rings. The summed E-state index contributed by atoms with van der Waals surface area (Å²) in [5.74, 6) is 1.01. The first-order valence-electron chi connectivity index (χ1n) is 8.50. The van der Waals surface area contributed by atoms with Gasteiger partial charge >= 0.3 is 0 Å². The number of amides is 1. The summed E-state index contributed by atoms with van der Waals surface area (Å²) in [5.41, 5.74) is 0.944. The lowest BCUT2D eigenvalue weighted by Crippen LogP contribution is -2.41. The molecule has 0 bridgehead atoms. The Bertz CT molecular complexity index is 761. The molecule has 0 N–H and O–H groups in total. The Morgan fingerprint density at radius 3 is 2.79 bits per heavy atom. The standard InChI is InChI=1S/C18H21N3O2S/c1-12-19-15-5-3-2-4-14(15)17(20-12)24-16-6-9-21(18(16)22)13-7-10-23-11-8-13/h2-5,13,16H,6-11H2,1H3/t16-/m0/s1. The summed E-state index contributed by atoms with van der Waals surface area (Å²) in [6.07, 6.45) is 2.80. The zero-order chi connectivity index (χ0) is 16.5. The summed E-state index contributed by atoms with van der Waals surface area (Å²) in [6, 6.07) is 8.36. The van der Waals surface area contributed by atoms with Gasteiger partial charge in [-0.05, 0) is 32.3 Å². The molecule has 6 heteroatoms. The van der Waals surface area contributed by atoms with Crippen molar-refractivity contribution in [3.05, 3.63) is 30.1 Å². The van der Waals surface area contributed by atoms with Gasteiger partial charge in [-0.2, -0.15) is 0 Å². The summed E-state index contributed by atoms with van der Waals surface area (Å²) in [5, 5.41) is 1.92. The number of aromatic nitrogens is 2. The van der Waals surface area contributed by atoms with Crippen molar-refractivity contribution >= 4 is 28.6 Å². The lowest BCUT2D eigenvalue weighted by Gasteiger charge is -2.31. The molecule has 1 aromatic carbocycles. The van der Waals surface area contributed by atoms with Gasteiger partial charge in [0.15, 0.2) is 0 Å². The summed E-state index contributed by atoms with van der Waals surface area (Å²) < 4.78 is 5.42. The van der Waals surface area contributed by atoms with Gasteiger partial charge in [0, 0.05) is 31.2 Å². The molecule has 0 saturated carbocycles. The predicted octanol–water partition coefficient (Wildman–Crippen LogP) is 2.81. The molecule has 4 rings (SSSR count). The number of rotatable bonds is 3. The maximum Gasteiger partial charge on any atom is 0.236 e. The first kappa shape index (κ1) is 15.8. The molecule has 2 fully saturated rings. The van der Waals surface area contributed by atoms with E-state index in [9.17, 15) is 4.79 Å². The van der Waals surface area contributed by atoms with Crippen molar-refractivity contribution in [2.45, 2.75) is 42.5 Å². The number of fused-ring (bicyclic) bond motifs is 1. The van der Waals surface area contributed by atoms with E-state index in [1.807, 2.05) is 31.2 Å². The Balaban J connectivity index is 1.55. The number of likely N-dealkylation sites (tertiary alicyclic amines) is 1. The monoisotopic (exact) mass is 343 g/mol. The summed E-state index contributed by atoms with van der Waals surface area (Å²) >= 11 is 1.60. The van der Waals surface area contributed by atoms with E-state index in [-0.39, 0.29) is 11.2 Å². The van der Waals surface area contributed by atoms with Crippen molar-refractivity contribution in [2.75, 3.05) is 19.8 Å². The lowest BCUT2D eigenvalue weighted by atomic mass is 10.1. The molecule has 1 amide bonds. The smallest absolute Gasteiger partial charge is 0.236 e. The van der Waals surface area contributed by atoms with Gasteiger partial charge in [0.25, 0.3) is 0 Å². The van der Waals surface area contributed by atoms with Gasteiger partial charge < -0.3 is 9.64 Å². The Hall–Kier alpha value is -1.66. The van der Waals surface area contributed by atoms with E-state index in [0.717, 1.165) is 60.8 Å². The number of carbonyl (C=O) groups excluding carboxylic acids is 1. The van der Waals surface area contributed by atoms with Crippen LogP contribution < -0.4 is 0 Å². The Morgan fingerprint density at radius 1 is 1.17 bits per heavy atom. The predicted molar refractivity (Wildman–Crippen MR) is 94.1 cm³/mol. The number of thioether (sulfide) groups is 1. The Labute approximate surface area is 145 Å². The van der Waals surface area contributed by atoms with Gasteiger partial charge in [0.1, 0.15) is 10.9 Å². The number of aryl methyl sites for hydroxylation is 1. The van der Waals surface area contributed by atoms with E-state index in [2.05, 4.69) is 14.9 Å². The minimum atomic E-state index is -0.0365. The molecular weight excluding hydrogens is 322 g/mol. The lowest BCUT2D eigenvalue weighted by molar-refractivity contribution is -0.130. The topological polar surface area (TPSA) is 55.3 Å². The molecule has 1 aromatic heterocycles. The van der Waals surface area contributed by atoms with Gasteiger partial charge in [-0.25, -0.2) is 9.97 Å². The number of hydrogen-bond donors (Lipinski definition) is 0. The first-order valence-corrected chi connectivity index (χ1v) is 9.38. The van der Waals surface area contributed by atoms with E-state index in [0.29, 0.717) is 6.04 Å². The molecule has 1 atom stereocenters. The highest BCUT2D eigenvalue weighted by atomic mass is 32.2. The third-order valence-corrected chi connectivity index (χ3v) is 6.01. The fourth-order valence-electron chi connectivity index (χ4n) is 3.53. The Kier molecular flexibility index (Phi) is 4.41. The molecule has 0 spiro atoms. The van der Waals surface area contributed by atoms with Crippen LogP contribution in [-0.2, 0) is 9.53 Å². The van der Waals surface area contributed by atoms with Crippen LogP contribution in [0, 0.1) is 6.92 Å². The molecule has 2 saturated heterocycles. The van der Waals surface area contributed by atoms with Crippen LogP contribution in [0.25, 0.3) is 10.9 Å². The number of nitrogens with zero attached hydrogens (tertiary/aromatic N) is 3. The van der Waals surface area contributed by atoms with Crippen molar-refractivity contribution < 1.29 is 9.53 Å². The number of benzene rings is 1. The SMILES string of the molecule is Cc1nc(S[C@H]2CCN(C3CCOCC3)C2=O)c2ccccc2n1. The average Bonchev–Trinajstić information content (AvgIpc) is 2.96. The first-order chi connectivity index (χ1) is 11.7. The van der Waals surface area contributed by atoms with Crippen LogP contribution in [0.4, 0.5) is 0 Å². The zero-order valence-corrected chi connectivity index (χ0v) is 14.6. The zero-order valence-electron chi connectivity index (χ0n) is 13.8. The van der Waals surface area contributed by atoms with E-state index >= 15 is 0 Å². The largest absolute Gasteiger partial charge is 0.381 e. The van der Waals surface area contributed by atoms with Crippen LogP contribution in [0.1, 0.15) is 25.1 Å². The minimum absolute atomic E-state index is 0.0365. The normalized spacial score (nSPS) is 22.5. The molecule has 24 heavy (non-hydrogen) atoms. The van der Waals surface area contributed by atoms with Gasteiger partial charge in [-0.15, -0.1) is 0 Å². The second kappa shape index (κ2) is 6.69. The fraction of sp³-hybridized carbons (Fsp3) is 0.500. The molecule has 2 aromatic rings. The van der Waals surface area contributed by atoms with Gasteiger partial charge in [-0.3, -0.25) is 4.79 Å². The number of carbonyl (C=O) groups is 1. The van der Waals surface area contributed by atoms with Crippen LogP contribution in [-0.4, -0.2) is 51.8 Å². The average molecular weight is 343 g/mol. The highest BCUT2D eigenvalue weighted by Crippen LogP contribution is 2.35. The van der Waals surface area contributed by atoms with Gasteiger partial charge in [0.05, 0.1) is 10.8 Å². The molecule has 3 heterocycles. The van der Waals surface area contributed by atoms with Crippen LogP contribution in [0.5, 0.6) is 0 Å². The van der Waals surface area contributed by atoms with Gasteiger partial charge in [-0.1, -0.05) is 30.0 Å². The van der Waals surface area contributed by atoms with Crippen molar-refractivity contribution in [3.63, 3.8) is 0 Å². The number of hydrogen-bond acceptors (Lipinski definition) is 5. The Morgan fingerprint density at radius 2 is 1.96 bits per heavy atom. The van der Waals surface area contributed by atoms with Crippen LogP contribution in [0.3, 0.4) is 0 Å². The van der Waals surface area contributed by atoms with Crippen molar-refractivity contribution in [1.82, 2.24) is 14.9 Å². The molecule has 126 valence electrons. The molecular formula is C18H21N3O2S. The number of ether oxygens (including phenoxy) is 1. The third-order valence-electron chi connectivity index (χ3n) is 4.76. The highest BCUT2D eigenvalue weighted by molar-refractivity contribution is 8.00. The maximum atomic E-state index is 12.9. The molecule has 0 unspecified atom stereocenters. The second-order valence-electron chi connectivity index (χ2n) is 6.36. The van der Waals surface area contributed by atoms with E-state index in [1.165, 1.54) is 0 Å². The summed E-state index contributed by atoms with van der Waals surface area (Å²) in [7, 11) is 0. The highest BCUT2D eigenvalue weighted by Gasteiger charge is 2.37. The minimum Gasteiger partial charge on any atom is -0.381 e. The maximum absolute atomic E-state index is 12.9. The van der Waals surface area contributed by atoms with Crippen molar-refractivity contribution in [2.24, 2.45) is 0 Å². The summed E-state index contributed by atoms with van der Waals surface area (Å²) in [4.78, 5) is 24.0. The van der Waals surface area contributed by atoms with E-state index in [4.69, 9.17) is 4.74 Å². The molecule has 0 radical (unpaired) electrons. The van der Waals surface area contributed by atoms with E-state index in [1.54, 1.807) is 11.8 Å². The van der Waals surface area contributed by atoms with E-state index < -0.39 is 0 Å². The molecule has 0 aliphatic carbocycles. The van der Waals surface area contributed by atoms with Crippen LogP contribution in [0.2, 0.25) is 0 Å². The van der Waals surface area contributed by atoms with Crippen molar-refractivity contribution in [1.29, 1.82) is 0 Å². The van der Waals surface area contributed by atoms with Crippen LogP contribution in [0.15, 0.2) is 29.3 Å². The second-order valence-corrected chi connectivity index (χ2v) is 7.55. The van der Waals surface area contributed by atoms with Gasteiger partial charge in [0.2, 0.25) is 5.91 Å². The molecule has 5 nitrogen and oxygen atoms in total.